The Hall–Kier alpha value is -2.14. The van der Waals surface area contributed by atoms with Crippen LogP contribution in [-0.2, 0) is 4.79 Å². The Morgan fingerprint density at radius 1 is 1.39 bits per heavy atom. The van der Waals surface area contributed by atoms with Crippen LogP contribution in [0.4, 0.5) is 0 Å². The van der Waals surface area contributed by atoms with Crippen molar-refractivity contribution in [3.63, 3.8) is 0 Å². The smallest absolute Gasteiger partial charge is 0.216 e. The molecular weight excluding hydrogens is 230 g/mol. The third-order valence-corrected chi connectivity index (χ3v) is 2.76. The minimum atomic E-state index is -0.729. The highest BCUT2D eigenvalue weighted by Gasteiger charge is 2.19. The average Bonchev–Trinajstić information content (AvgIpc) is 2.78. The lowest BCUT2D eigenvalue weighted by Gasteiger charge is -2.10. The molecule has 0 fully saturated rings. The minimum Gasteiger partial charge on any atom is -0.360 e. The number of Topliss-reactive ketones (excluding diaryl/α,β-unsaturated/α-hetero) is 1. The van der Waals surface area contributed by atoms with Crippen molar-refractivity contribution < 1.29 is 9.59 Å². The molecule has 0 saturated heterocycles. The van der Waals surface area contributed by atoms with Gasteiger partial charge in [0.25, 0.3) is 0 Å². The largest absolute Gasteiger partial charge is 0.360 e. The molecule has 0 saturated carbocycles. The first-order chi connectivity index (χ1) is 8.59. The zero-order valence-electron chi connectivity index (χ0n) is 10.1. The third-order valence-electron chi connectivity index (χ3n) is 2.76. The van der Waals surface area contributed by atoms with Gasteiger partial charge in [-0.3, -0.25) is 9.59 Å². The summed E-state index contributed by atoms with van der Waals surface area (Å²) in [7, 11) is 0. The Kier molecular flexibility index (Phi) is 3.43. The van der Waals surface area contributed by atoms with Crippen molar-refractivity contribution in [2.75, 3.05) is 6.54 Å². The molecule has 1 atom stereocenters. The van der Waals surface area contributed by atoms with Crippen LogP contribution in [0.5, 0.6) is 0 Å². The molecule has 0 bridgehead atoms. The van der Waals surface area contributed by atoms with Crippen LogP contribution in [0.15, 0.2) is 30.5 Å². The van der Waals surface area contributed by atoms with Gasteiger partial charge in [-0.25, -0.2) is 0 Å². The standard InChI is InChI=1S/C13H15N3O2/c1-8(17)15-7-11(14)13(18)10-6-16-12-5-3-2-4-9(10)12/h2-6,11,16H,7,14H2,1H3,(H,15,17). The average molecular weight is 245 g/mol. The number of H-pyrrole nitrogens is 1. The molecule has 1 aromatic carbocycles. The SMILES string of the molecule is CC(=O)NCC(N)C(=O)c1c[nH]c2ccccc12. The molecule has 5 heteroatoms. The van der Waals surface area contributed by atoms with Crippen LogP contribution in [0.3, 0.4) is 0 Å². The molecule has 1 aromatic heterocycles. The zero-order chi connectivity index (χ0) is 13.1. The number of aromatic nitrogens is 1. The quantitative estimate of drug-likeness (QED) is 0.697. The maximum absolute atomic E-state index is 12.1. The van der Waals surface area contributed by atoms with E-state index in [1.165, 1.54) is 6.92 Å². The number of para-hydroxylation sites is 1. The Morgan fingerprint density at radius 2 is 2.11 bits per heavy atom. The van der Waals surface area contributed by atoms with Crippen LogP contribution in [0.25, 0.3) is 10.9 Å². The summed E-state index contributed by atoms with van der Waals surface area (Å²) in [4.78, 5) is 25.9. The van der Waals surface area contributed by atoms with Crippen LogP contribution in [0.2, 0.25) is 0 Å². The lowest BCUT2D eigenvalue weighted by Crippen LogP contribution is -2.41. The number of hydrogen-bond donors (Lipinski definition) is 3. The first-order valence-electron chi connectivity index (χ1n) is 5.70. The topological polar surface area (TPSA) is 88.0 Å². The second-order valence-corrected chi connectivity index (χ2v) is 4.16. The van der Waals surface area contributed by atoms with Crippen molar-refractivity contribution in [2.45, 2.75) is 13.0 Å². The molecule has 2 rings (SSSR count). The molecule has 0 aliphatic carbocycles. The van der Waals surface area contributed by atoms with Gasteiger partial charge in [-0.15, -0.1) is 0 Å². The van der Waals surface area contributed by atoms with E-state index >= 15 is 0 Å². The fraction of sp³-hybridized carbons (Fsp3) is 0.231. The van der Waals surface area contributed by atoms with Gasteiger partial charge in [0.1, 0.15) is 0 Å². The number of ketones is 1. The van der Waals surface area contributed by atoms with Crippen LogP contribution in [0.1, 0.15) is 17.3 Å². The first-order valence-corrected chi connectivity index (χ1v) is 5.70. The van der Waals surface area contributed by atoms with E-state index in [4.69, 9.17) is 5.73 Å². The van der Waals surface area contributed by atoms with Crippen molar-refractivity contribution in [1.82, 2.24) is 10.3 Å². The van der Waals surface area contributed by atoms with Crippen LogP contribution in [-0.4, -0.2) is 29.3 Å². The van der Waals surface area contributed by atoms with E-state index in [1.54, 1.807) is 6.20 Å². The van der Waals surface area contributed by atoms with E-state index in [-0.39, 0.29) is 18.2 Å². The molecule has 94 valence electrons. The van der Waals surface area contributed by atoms with Crippen molar-refractivity contribution in [1.29, 1.82) is 0 Å². The summed E-state index contributed by atoms with van der Waals surface area (Å²) >= 11 is 0. The number of carbonyl (C=O) groups excluding carboxylic acids is 2. The number of fused-ring (bicyclic) bond motifs is 1. The van der Waals surface area contributed by atoms with Gasteiger partial charge in [-0.05, 0) is 6.07 Å². The Bertz CT molecular complexity index is 589. The van der Waals surface area contributed by atoms with Gasteiger partial charge in [0.2, 0.25) is 5.91 Å². The van der Waals surface area contributed by atoms with E-state index in [0.717, 1.165) is 10.9 Å². The van der Waals surface area contributed by atoms with Gasteiger partial charge in [-0.2, -0.15) is 0 Å². The number of amides is 1. The summed E-state index contributed by atoms with van der Waals surface area (Å²) in [5, 5.41) is 3.39. The molecule has 4 N–H and O–H groups in total. The number of hydrogen-bond acceptors (Lipinski definition) is 3. The molecule has 18 heavy (non-hydrogen) atoms. The molecular formula is C13H15N3O2. The summed E-state index contributed by atoms with van der Waals surface area (Å²) in [6.07, 6.45) is 1.65. The lowest BCUT2D eigenvalue weighted by atomic mass is 10.0. The normalized spacial score (nSPS) is 12.3. The molecule has 1 heterocycles. The predicted molar refractivity (Wildman–Crippen MR) is 69.3 cm³/mol. The van der Waals surface area contributed by atoms with E-state index in [0.29, 0.717) is 5.56 Å². The summed E-state index contributed by atoms with van der Waals surface area (Å²) < 4.78 is 0. The Balaban J connectivity index is 2.20. The number of aromatic amines is 1. The number of rotatable bonds is 4. The van der Waals surface area contributed by atoms with Crippen molar-refractivity contribution in [3.05, 3.63) is 36.0 Å². The lowest BCUT2D eigenvalue weighted by molar-refractivity contribution is -0.118. The molecule has 0 spiro atoms. The Labute approximate surface area is 104 Å². The number of carbonyl (C=O) groups is 2. The molecule has 1 amide bonds. The zero-order valence-corrected chi connectivity index (χ0v) is 10.1. The molecule has 1 unspecified atom stereocenters. The fourth-order valence-electron chi connectivity index (χ4n) is 1.82. The van der Waals surface area contributed by atoms with Crippen molar-refractivity contribution in [2.24, 2.45) is 5.73 Å². The van der Waals surface area contributed by atoms with E-state index in [2.05, 4.69) is 10.3 Å². The maximum atomic E-state index is 12.1. The molecule has 0 aliphatic heterocycles. The molecule has 0 radical (unpaired) electrons. The second-order valence-electron chi connectivity index (χ2n) is 4.16. The fourth-order valence-corrected chi connectivity index (χ4v) is 1.82. The first kappa shape index (κ1) is 12.3. The van der Waals surface area contributed by atoms with E-state index < -0.39 is 6.04 Å². The Morgan fingerprint density at radius 3 is 2.83 bits per heavy atom. The number of benzene rings is 1. The van der Waals surface area contributed by atoms with Gasteiger partial charge in [-0.1, -0.05) is 18.2 Å². The highest BCUT2D eigenvalue weighted by atomic mass is 16.1. The summed E-state index contributed by atoms with van der Waals surface area (Å²) in [6.45, 7) is 1.54. The minimum absolute atomic E-state index is 0.147. The summed E-state index contributed by atoms with van der Waals surface area (Å²) in [5.41, 5.74) is 7.22. The number of nitrogens with two attached hydrogens (primary N) is 1. The summed E-state index contributed by atoms with van der Waals surface area (Å²) in [6, 6.07) is 6.79. The highest BCUT2D eigenvalue weighted by Crippen LogP contribution is 2.18. The number of nitrogens with one attached hydrogen (secondary N) is 2. The van der Waals surface area contributed by atoms with Crippen LogP contribution >= 0.6 is 0 Å². The van der Waals surface area contributed by atoms with Crippen molar-refractivity contribution >= 4 is 22.6 Å². The second kappa shape index (κ2) is 5.01. The van der Waals surface area contributed by atoms with Crippen molar-refractivity contribution in [3.8, 4) is 0 Å². The predicted octanol–water partition coefficient (Wildman–Crippen LogP) is 0.814. The monoisotopic (exact) mass is 245 g/mol. The van der Waals surface area contributed by atoms with E-state index in [1.807, 2.05) is 24.3 Å². The van der Waals surface area contributed by atoms with Crippen LogP contribution < -0.4 is 11.1 Å². The van der Waals surface area contributed by atoms with Gasteiger partial charge in [0, 0.05) is 36.1 Å². The van der Waals surface area contributed by atoms with Gasteiger partial charge < -0.3 is 16.0 Å². The summed E-state index contributed by atoms with van der Waals surface area (Å²) in [5.74, 6) is -0.377. The van der Waals surface area contributed by atoms with Gasteiger partial charge in [0.05, 0.1) is 6.04 Å². The van der Waals surface area contributed by atoms with Crippen LogP contribution in [0, 0.1) is 0 Å². The molecule has 5 nitrogen and oxygen atoms in total. The molecule has 2 aromatic rings. The van der Waals surface area contributed by atoms with Gasteiger partial charge >= 0.3 is 0 Å². The molecule has 0 aliphatic rings. The maximum Gasteiger partial charge on any atom is 0.216 e. The van der Waals surface area contributed by atoms with E-state index in [9.17, 15) is 9.59 Å². The van der Waals surface area contributed by atoms with Gasteiger partial charge in [0.15, 0.2) is 5.78 Å². The highest BCUT2D eigenvalue weighted by molar-refractivity contribution is 6.10. The third kappa shape index (κ3) is 2.41.